The van der Waals surface area contributed by atoms with Gasteiger partial charge >= 0.3 is 12.0 Å². The molecule has 2 fully saturated rings. The lowest BCUT2D eigenvalue weighted by atomic mass is 9.99. The second-order valence-electron chi connectivity index (χ2n) is 6.21. The van der Waals surface area contributed by atoms with Crippen LogP contribution in [0.4, 0.5) is 4.79 Å². The number of hydrogen-bond donors (Lipinski definition) is 3. The van der Waals surface area contributed by atoms with Crippen molar-refractivity contribution in [1.29, 1.82) is 0 Å². The second-order valence-corrected chi connectivity index (χ2v) is 6.21. The van der Waals surface area contributed by atoms with Crippen LogP contribution in [0.3, 0.4) is 0 Å². The first-order valence-corrected chi connectivity index (χ1v) is 7.44. The van der Waals surface area contributed by atoms with E-state index in [0.29, 0.717) is 12.0 Å². The van der Waals surface area contributed by atoms with E-state index in [2.05, 4.69) is 29.5 Å². The number of carbonyl (C=O) groups excluding carboxylic acids is 1. The van der Waals surface area contributed by atoms with Crippen molar-refractivity contribution in [3.63, 3.8) is 0 Å². The van der Waals surface area contributed by atoms with Crippen molar-refractivity contribution in [2.75, 3.05) is 13.6 Å². The monoisotopic (exact) mass is 283 g/mol. The van der Waals surface area contributed by atoms with Crippen molar-refractivity contribution in [3.05, 3.63) is 0 Å². The lowest BCUT2D eigenvalue weighted by molar-refractivity contribution is -0.137. The fraction of sp³-hybridized carbons (Fsp3) is 0.857. The van der Waals surface area contributed by atoms with Gasteiger partial charge in [-0.1, -0.05) is 0 Å². The quantitative estimate of drug-likeness (QED) is 0.703. The van der Waals surface area contributed by atoms with E-state index < -0.39 is 5.97 Å². The van der Waals surface area contributed by atoms with E-state index in [0.717, 1.165) is 32.2 Å². The van der Waals surface area contributed by atoms with Gasteiger partial charge in [0.2, 0.25) is 0 Å². The van der Waals surface area contributed by atoms with Gasteiger partial charge < -0.3 is 20.6 Å². The van der Waals surface area contributed by atoms with Crippen LogP contribution in [0.25, 0.3) is 0 Å². The molecule has 1 saturated carbocycles. The van der Waals surface area contributed by atoms with E-state index in [-0.39, 0.29) is 24.5 Å². The van der Waals surface area contributed by atoms with Gasteiger partial charge in [0.05, 0.1) is 6.42 Å². The molecule has 2 aliphatic rings. The summed E-state index contributed by atoms with van der Waals surface area (Å²) in [5.41, 5.74) is 0. The van der Waals surface area contributed by atoms with Crippen LogP contribution in [0.15, 0.2) is 0 Å². The summed E-state index contributed by atoms with van der Waals surface area (Å²) < 4.78 is 0. The molecule has 3 unspecified atom stereocenters. The summed E-state index contributed by atoms with van der Waals surface area (Å²) in [6, 6.07) is 0.208. The lowest BCUT2D eigenvalue weighted by Crippen LogP contribution is -2.52. The average Bonchev–Trinajstić information content (AvgIpc) is 3.16. The van der Waals surface area contributed by atoms with Crippen molar-refractivity contribution in [2.45, 2.75) is 57.2 Å². The van der Waals surface area contributed by atoms with E-state index >= 15 is 0 Å². The molecule has 20 heavy (non-hydrogen) atoms. The first kappa shape index (κ1) is 15.1. The average molecular weight is 283 g/mol. The third-order valence-electron chi connectivity index (χ3n) is 4.45. The summed E-state index contributed by atoms with van der Waals surface area (Å²) in [6.07, 6.45) is 3.94. The molecule has 0 spiro atoms. The molecular weight excluding hydrogens is 258 g/mol. The van der Waals surface area contributed by atoms with Gasteiger partial charge in [-0.25, -0.2) is 4.79 Å². The number of carboxylic acids is 1. The molecule has 1 heterocycles. The van der Waals surface area contributed by atoms with Gasteiger partial charge in [0.25, 0.3) is 0 Å². The van der Waals surface area contributed by atoms with Crippen LogP contribution in [0.1, 0.15) is 39.0 Å². The Morgan fingerprint density at radius 3 is 2.60 bits per heavy atom. The predicted octanol–water partition coefficient (Wildman–Crippen LogP) is 1.02. The van der Waals surface area contributed by atoms with Crippen LogP contribution >= 0.6 is 0 Å². The molecule has 0 aromatic carbocycles. The maximum atomic E-state index is 12.0. The standard InChI is InChI=1S/C14H25N3O3/c1-9-7-11(5-6-17(9)2)15-14(20)16-12(8-13(18)19)10-3-4-10/h9-12H,3-8H2,1-2H3,(H,18,19)(H2,15,16,20). The number of hydrogen-bond acceptors (Lipinski definition) is 3. The number of nitrogens with one attached hydrogen (secondary N) is 2. The first-order valence-electron chi connectivity index (χ1n) is 7.44. The SMILES string of the molecule is CC1CC(NC(=O)NC(CC(=O)O)C2CC2)CCN1C. The Morgan fingerprint density at radius 2 is 2.05 bits per heavy atom. The molecule has 6 heteroatoms. The first-order chi connectivity index (χ1) is 9.45. The van der Waals surface area contributed by atoms with E-state index in [1.54, 1.807) is 0 Å². The number of nitrogens with zero attached hydrogens (tertiary/aromatic N) is 1. The topological polar surface area (TPSA) is 81.7 Å². The van der Waals surface area contributed by atoms with Gasteiger partial charge in [-0.15, -0.1) is 0 Å². The predicted molar refractivity (Wildman–Crippen MR) is 75.5 cm³/mol. The molecule has 0 radical (unpaired) electrons. The highest BCUT2D eigenvalue weighted by atomic mass is 16.4. The van der Waals surface area contributed by atoms with E-state index in [4.69, 9.17) is 5.11 Å². The second kappa shape index (κ2) is 6.43. The van der Waals surface area contributed by atoms with Crippen LogP contribution in [0.5, 0.6) is 0 Å². The molecule has 1 aliphatic heterocycles. The van der Waals surface area contributed by atoms with Crippen LogP contribution in [-0.2, 0) is 4.79 Å². The summed E-state index contributed by atoms with van der Waals surface area (Å²) in [6.45, 7) is 3.14. The third kappa shape index (κ3) is 4.37. The Labute approximate surface area is 119 Å². The zero-order valence-corrected chi connectivity index (χ0v) is 12.3. The van der Waals surface area contributed by atoms with Gasteiger partial charge in [-0.3, -0.25) is 4.79 Å². The van der Waals surface area contributed by atoms with E-state index in [9.17, 15) is 9.59 Å². The zero-order valence-electron chi connectivity index (χ0n) is 12.3. The number of carbonyl (C=O) groups is 2. The van der Waals surface area contributed by atoms with Crippen LogP contribution < -0.4 is 10.6 Å². The summed E-state index contributed by atoms with van der Waals surface area (Å²) in [7, 11) is 2.09. The molecule has 0 bridgehead atoms. The minimum absolute atomic E-state index is 0.0158. The molecule has 0 aromatic rings. The number of likely N-dealkylation sites (tertiary alicyclic amines) is 1. The lowest BCUT2D eigenvalue weighted by Gasteiger charge is -2.35. The molecule has 6 nitrogen and oxygen atoms in total. The Balaban J connectivity index is 1.77. The van der Waals surface area contributed by atoms with Gasteiger partial charge in [0, 0.05) is 24.7 Å². The fourth-order valence-electron chi connectivity index (χ4n) is 2.84. The Morgan fingerprint density at radius 1 is 1.35 bits per heavy atom. The molecule has 1 aliphatic carbocycles. The highest BCUT2D eigenvalue weighted by Crippen LogP contribution is 2.34. The highest BCUT2D eigenvalue weighted by Gasteiger charge is 2.34. The molecule has 2 amide bonds. The minimum atomic E-state index is -0.852. The normalized spacial score (nSPS) is 28.7. The summed E-state index contributed by atoms with van der Waals surface area (Å²) in [5, 5.41) is 14.7. The van der Waals surface area contributed by atoms with E-state index in [1.807, 2.05) is 0 Å². The van der Waals surface area contributed by atoms with Crippen molar-refractivity contribution < 1.29 is 14.7 Å². The molecule has 3 atom stereocenters. The van der Waals surface area contributed by atoms with Crippen molar-refractivity contribution in [1.82, 2.24) is 15.5 Å². The molecule has 0 aromatic heterocycles. The zero-order chi connectivity index (χ0) is 14.7. The largest absolute Gasteiger partial charge is 0.481 e. The van der Waals surface area contributed by atoms with E-state index in [1.165, 1.54) is 0 Å². The smallest absolute Gasteiger partial charge is 0.315 e. The van der Waals surface area contributed by atoms with Gasteiger partial charge in [0.15, 0.2) is 0 Å². The molecule has 3 N–H and O–H groups in total. The van der Waals surface area contributed by atoms with Crippen molar-refractivity contribution in [3.8, 4) is 0 Å². The summed E-state index contributed by atoms with van der Waals surface area (Å²) in [5.74, 6) is -0.511. The van der Waals surface area contributed by atoms with Gasteiger partial charge in [0.1, 0.15) is 0 Å². The molecule has 114 valence electrons. The summed E-state index contributed by atoms with van der Waals surface area (Å²) >= 11 is 0. The highest BCUT2D eigenvalue weighted by molar-refractivity contribution is 5.76. The number of amides is 2. The third-order valence-corrected chi connectivity index (χ3v) is 4.45. The fourth-order valence-corrected chi connectivity index (χ4v) is 2.84. The number of aliphatic carboxylic acids is 1. The molecule has 2 rings (SSSR count). The molecular formula is C14H25N3O3. The summed E-state index contributed by atoms with van der Waals surface area (Å²) in [4.78, 5) is 25.1. The maximum Gasteiger partial charge on any atom is 0.315 e. The van der Waals surface area contributed by atoms with Gasteiger partial charge in [-0.05, 0) is 45.6 Å². The Kier molecular flexibility index (Phi) is 4.86. The number of urea groups is 1. The van der Waals surface area contributed by atoms with Crippen LogP contribution in [0, 0.1) is 5.92 Å². The van der Waals surface area contributed by atoms with Crippen LogP contribution in [0.2, 0.25) is 0 Å². The molecule has 1 saturated heterocycles. The minimum Gasteiger partial charge on any atom is -0.481 e. The Hall–Kier alpha value is -1.30. The van der Waals surface area contributed by atoms with Gasteiger partial charge in [-0.2, -0.15) is 0 Å². The van der Waals surface area contributed by atoms with Crippen molar-refractivity contribution >= 4 is 12.0 Å². The number of rotatable bonds is 5. The number of piperidine rings is 1. The Bertz CT molecular complexity index is 371. The number of carboxylic acid groups (broad SMARTS) is 1. The van der Waals surface area contributed by atoms with Crippen molar-refractivity contribution in [2.24, 2.45) is 5.92 Å². The maximum absolute atomic E-state index is 12.0. The van der Waals surface area contributed by atoms with Crippen LogP contribution in [-0.4, -0.2) is 53.7 Å².